The molecule has 0 unspecified atom stereocenters. The highest BCUT2D eigenvalue weighted by Gasteiger charge is 2.39. The van der Waals surface area contributed by atoms with Gasteiger partial charge in [-0.3, -0.25) is 9.69 Å². The molecule has 2 aliphatic heterocycles. The Balaban J connectivity index is 1.61. The molecule has 2 heterocycles. The van der Waals surface area contributed by atoms with E-state index in [1.165, 1.54) is 11.8 Å². The van der Waals surface area contributed by atoms with E-state index in [1.54, 1.807) is 31.1 Å². The third-order valence-electron chi connectivity index (χ3n) is 5.60. The molecule has 0 saturated carbocycles. The average molecular weight is 528 g/mol. The highest BCUT2D eigenvalue weighted by Crippen LogP contribution is 2.45. The van der Waals surface area contributed by atoms with Crippen LogP contribution in [0.2, 0.25) is 0 Å². The number of methoxy groups -OCH3 is 1. The number of fused-ring (bicyclic) bond motifs is 1. The molecule has 1 fully saturated rings. The summed E-state index contributed by atoms with van der Waals surface area (Å²) in [5, 5.41) is 10.7. The van der Waals surface area contributed by atoms with Crippen LogP contribution in [-0.2, 0) is 9.53 Å². The van der Waals surface area contributed by atoms with E-state index in [4.69, 9.17) is 9.47 Å². The second kappa shape index (κ2) is 9.89. The van der Waals surface area contributed by atoms with Crippen LogP contribution in [-0.4, -0.2) is 43.0 Å². The molecule has 0 N–H and O–H groups in total. The number of anilines is 1. The normalized spacial score (nSPS) is 18.0. The van der Waals surface area contributed by atoms with E-state index in [0.29, 0.717) is 41.1 Å². The molecule has 0 spiro atoms. The van der Waals surface area contributed by atoms with Gasteiger partial charge < -0.3 is 14.4 Å². The van der Waals surface area contributed by atoms with Crippen molar-refractivity contribution < 1.29 is 19.1 Å². The number of esters is 1. The zero-order valence-electron chi connectivity index (χ0n) is 18.2. The van der Waals surface area contributed by atoms with E-state index >= 15 is 0 Å². The summed E-state index contributed by atoms with van der Waals surface area (Å²) < 4.78 is 11.4. The number of ether oxygens (including phenoxy) is 2. The molecule has 2 aromatic carbocycles. The van der Waals surface area contributed by atoms with Crippen LogP contribution in [0.4, 0.5) is 5.69 Å². The molecule has 0 radical (unpaired) electrons. The maximum absolute atomic E-state index is 13.2. The first-order chi connectivity index (χ1) is 16.0. The van der Waals surface area contributed by atoms with Crippen LogP contribution >= 0.6 is 27.7 Å². The van der Waals surface area contributed by atoms with Gasteiger partial charge in [0.2, 0.25) is 5.91 Å². The Morgan fingerprint density at radius 2 is 2.03 bits per heavy atom. The molecule has 170 valence electrons. The molecule has 9 heteroatoms. The first-order valence-corrected chi connectivity index (χ1v) is 12.2. The minimum atomic E-state index is -0.360. The monoisotopic (exact) mass is 527 g/mol. The number of benzene rings is 2. The van der Waals surface area contributed by atoms with Crippen molar-refractivity contribution >= 4 is 45.3 Å². The van der Waals surface area contributed by atoms with E-state index in [0.717, 1.165) is 15.7 Å². The minimum Gasteiger partial charge on any atom is -0.496 e. The average Bonchev–Trinajstić information content (AvgIpc) is 2.84. The smallest absolute Gasteiger partial charge is 0.338 e. The van der Waals surface area contributed by atoms with Crippen LogP contribution in [0.1, 0.15) is 35.2 Å². The Bertz CT molecular complexity index is 1160. The fourth-order valence-corrected chi connectivity index (χ4v) is 5.54. The molecule has 1 amide bonds. The second-order valence-electron chi connectivity index (χ2n) is 7.52. The van der Waals surface area contributed by atoms with Crippen LogP contribution in [0, 0.1) is 11.3 Å². The van der Waals surface area contributed by atoms with Crippen molar-refractivity contribution in [3.05, 3.63) is 68.7 Å². The molecule has 7 nitrogen and oxygen atoms in total. The summed E-state index contributed by atoms with van der Waals surface area (Å²) in [5.41, 5.74) is 2.77. The molecule has 1 saturated heterocycles. The molecular weight excluding hydrogens is 506 g/mol. The molecule has 0 bridgehead atoms. The first kappa shape index (κ1) is 23.2. The minimum absolute atomic E-state index is 0.0450. The Morgan fingerprint density at radius 3 is 2.70 bits per heavy atom. The van der Waals surface area contributed by atoms with Gasteiger partial charge in [0.1, 0.15) is 5.75 Å². The van der Waals surface area contributed by atoms with Crippen LogP contribution in [0.3, 0.4) is 0 Å². The Kier molecular flexibility index (Phi) is 6.96. The SMILES string of the molecule is CCOC(=O)c1ccc(N2CSC3=C(C#N)[C@@H](c4cc(Br)ccc4OC)CC(=O)N3C2)cc1. The Labute approximate surface area is 205 Å². The lowest BCUT2D eigenvalue weighted by Gasteiger charge is -2.42. The molecular formula is C24H22BrN3O4S. The van der Waals surface area contributed by atoms with Gasteiger partial charge in [-0.1, -0.05) is 27.7 Å². The zero-order chi connectivity index (χ0) is 23.5. The molecule has 4 rings (SSSR count). The molecule has 0 aromatic heterocycles. The van der Waals surface area contributed by atoms with Gasteiger partial charge in [-0.15, -0.1) is 0 Å². The molecule has 2 aliphatic rings. The standard InChI is InChI=1S/C24H22BrN3O4S/c1-3-32-24(30)15-4-7-17(8-5-15)27-13-28-22(29)11-18(20(12-26)23(28)33-14-27)19-10-16(25)6-9-21(19)31-2/h4-10,18H,3,11,13-14H2,1-2H3/t18-/m1/s1. The number of hydrogen-bond donors (Lipinski definition) is 0. The lowest BCUT2D eigenvalue weighted by Crippen LogP contribution is -2.47. The third-order valence-corrected chi connectivity index (χ3v) is 7.25. The van der Waals surface area contributed by atoms with E-state index in [2.05, 4.69) is 22.0 Å². The van der Waals surface area contributed by atoms with Crippen molar-refractivity contribution in [2.24, 2.45) is 0 Å². The number of halogens is 1. The van der Waals surface area contributed by atoms with Gasteiger partial charge >= 0.3 is 5.97 Å². The number of allylic oxidation sites excluding steroid dienone is 1. The van der Waals surface area contributed by atoms with Crippen molar-refractivity contribution in [1.82, 2.24) is 4.90 Å². The summed E-state index contributed by atoms with van der Waals surface area (Å²) in [4.78, 5) is 28.8. The lowest BCUT2D eigenvalue weighted by molar-refractivity contribution is -0.129. The quantitative estimate of drug-likeness (QED) is 0.513. The molecule has 0 aliphatic carbocycles. The van der Waals surface area contributed by atoms with Crippen LogP contribution < -0.4 is 9.64 Å². The Morgan fingerprint density at radius 1 is 1.27 bits per heavy atom. The molecule has 2 aromatic rings. The van der Waals surface area contributed by atoms with Crippen molar-refractivity contribution in [2.75, 3.05) is 31.2 Å². The summed E-state index contributed by atoms with van der Waals surface area (Å²) in [6.07, 6.45) is 0.190. The van der Waals surface area contributed by atoms with E-state index < -0.39 is 0 Å². The number of nitrogens with zero attached hydrogens (tertiary/aromatic N) is 3. The maximum Gasteiger partial charge on any atom is 0.338 e. The van der Waals surface area contributed by atoms with Gasteiger partial charge in [0.25, 0.3) is 0 Å². The highest BCUT2D eigenvalue weighted by molar-refractivity contribution is 9.10. The van der Waals surface area contributed by atoms with E-state index in [-0.39, 0.29) is 24.2 Å². The predicted octanol–water partition coefficient (Wildman–Crippen LogP) is 4.85. The van der Waals surface area contributed by atoms with Gasteiger partial charge in [0.05, 0.1) is 48.5 Å². The fraction of sp³-hybridized carbons (Fsp3) is 0.292. The van der Waals surface area contributed by atoms with Gasteiger partial charge in [-0.05, 0) is 49.4 Å². The molecule has 1 atom stereocenters. The maximum atomic E-state index is 13.2. The second-order valence-corrected chi connectivity index (χ2v) is 9.37. The van der Waals surface area contributed by atoms with Gasteiger partial charge in [0.15, 0.2) is 0 Å². The number of hydrogen-bond acceptors (Lipinski definition) is 7. The summed E-state index contributed by atoms with van der Waals surface area (Å²) in [7, 11) is 1.59. The third kappa shape index (κ3) is 4.59. The predicted molar refractivity (Wildman–Crippen MR) is 130 cm³/mol. The van der Waals surface area contributed by atoms with Gasteiger partial charge in [-0.25, -0.2) is 4.79 Å². The number of nitriles is 1. The molecule has 33 heavy (non-hydrogen) atoms. The number of amides is 1. The van der Waals surface area contributed by atoms with Crippen molar-refractivity contribution in [1.29, 1.82) is 5.26 Å². The number of rotatable bonds is 5. The van der Waals surface area contributed by atoms with Crippen molar-refractivity contribution in [3.63, 3.8) is 0 Å². The van der Waals surface area contributed by atoms with Crippen LogP contribution in [0.5, 0.6) is 5.75 Å². The Hall–Kier alpha value is -2.96. The van der Waals surface area contributed by atoms with Crippen LogP contribution in [0.25, 0.3) is 0 Å². The summed E-state index contributed by atoms with van der Waals surface area (Å²) in [6, 6.07) is 15.1. The topological polar surface area (TPSA) is 82.9 Å². The number of carbonyl (C=O) groups excluding carboxylic acids is 2. The fourth-order valence-electron chi connectivity index (χ4n) is 3.99. The summed E-state index contributed by atoms with van der Waals surface area (Å²) in [5.74, 6) is 0.467. The number of thioether (sulfide) groups is 1. The number of carbonyl (C=O) groups is 2. The van der Waals surface area contributed by atoms with Crippen LogP contribution in [0.15, 0.2) is 57.5 Å². The zero-order valence-corrected chi connectivity index (χ0v) is 20.6. The van der Waals surface area contributed by atoms with Crippen molar-refractivity contribution in [3.8, 4) is 11.8 Å². The van der Waals surface area contributed by atoms with Crippen molar-refractivity contribution in [2.45, 2.75) is 19.3 Å². The first-order valence-electron chi connectivity index (χ1n) is 10.4. The van der Waals surface area contributed by atoms with Gasteiger partial charge in [-0.2, -0.15) is 5.26 Å². The van der Waals surface area contributed by atoms with E-state index in [9.17, 15) is 14.9 Å². The summed E-state index contributed by atoms with van der Waals surface area (Å²) in [6.45, 7) is 2.43. The van der Waals surface area contributed by atoms with Gasteiger partial charge in [0, 0.05) is 28.1 Å². The lowest BCUT2D eigenvalue weighted by atomic mass is 9.86. The summed E-state index contributed by atoms with van der Waals surface area (Å²) >= 11 is 4.95. The van der Waals surface area contributed by atoms with E-state index in [1.807, 2.05) is 35.2 Å². The highest BCUT2D eigenvalue weighted by atomic mass is 79.9. The largest absolute Gasteiger partial charge is 0.496 e.